The molecule has 7 atom stereocenters. The van der Waals surface area contributed by atoms with Gasteiger partial charge in [-0.2, -0.15) is 10.4 Å². The summed E-state index contributed by atoms with van der Waals surface area (Å²) in [6.45, 7) is 3.80. The summed E-state index contributed by atoms with van der Waals surface area (Å²) >= 11 is 5.53. The molecule has 0 radical (unpaired) electrons. The minimum atomic E-state index is -2.33. The lowest BCUT2D eigenvalue weighted by atomic mass is 9.90. The molecule has 12 nitrogen and oxygen atoms in total. The van der Waals surface area contributed by atoms with Crippen molar-refractivity contribution in [1.82, 2.24) is 14.6 Å². The Kier molecular flexibility index (Phi) is 17.1. The molecule has 2 unspecified atom stereocenters. The lowest BCUT2D eigenvalue weighted by Crippen LogP contribution is -2.47. The number of rotatable bonds is 28. The molecule has 1 aliphatic carbocycles. The Balaban J connectivity index is 0.980. The van der Waals surface area contributed by atoms with E-state index in [1.807, 2.05) is 36.4 Å². The molecule has 1 saturated heterocycles. The molecule has 3 heterocycles. The molecule has 2 aliphatic rings. The van der Waals surface area contributed by atoms with Gasteiger partial charge in [-0.3, -0.25) is 0 Å². The molecule has 14 heteroatoms. The molecular formula is C40H60N5O7PS. The number of unbranched alkanes of at least 4 members (excludes halogenated alkanes) is 15. The largest absolute Gasteiger partial charge is 0.385 e. The molecule has 0 spiro atoms. The van der Waals surface area contributed by atoms with E-state index in [0.29, 0.717) is 25.3 Å². The number of nitrogens with two attached hydrogens (primary N) is 1. The first-order chi connectivity index (χ1) is 26.3. The molecule has 0 bridgehead atoms. The Labute approximate surface area is 326 Å². The summed E-state index contributed by atoms with van der Waals surface area (Å²) in [7, 11) is -2.33. The van der Waals surface area contributed by atoms with E-state index in [1.165, 1.54) is 101 Å². The van der Waals surface area contributed by atoms with E-state index in [-0.39, 0.29) is 24.2 Å². The lowest BCUT2D eigenvalue weighted by molar-refractivity contribution is -0.102. The highest BCUT2D eigenvalue weighted by Crippen LogP contribution is 2.61. The van der Waals surface area contributed by atoms with Crippen LogP contribution in [-0.2, 0) is 47.3 Å². The van der Waals surface area contributed by atoms with Gasteiger partial charge < -0.3 is 39.2 Å². The summed E-state index contributed by atoms with van der Waals surface area (Å²) in [4.78, 5) is 3.96. The van der Waals surface area contributed by atoms with Gasteiger partial charge in [-0.15, -0.1) is 0 Å². The van der Waals surface area contributed by atoms with Gasteiger partial charge in [0, 0.05) is 6.61 Å². The number of nitrogens with zero attached hydrogens (tertiary/aromatic N) is 4. The molecule has 4 N–H and O–H groups in total. The van der Waals surface area contributed by atoms with Gasteiger partial charge in [0.2, 0.25) is 5.60 Å². The van der Waals surface area contributed by atoms with Crippen molar-refractivity contribution >= 4 is 30.3 Å². The van der Waals surface area contributed by atoms with Crippen molar-refractivity contribution < 1.29 is 33.5 Å². The molecule has 2 fully saturated rings. The van der Waals surface area contributed by atoms with Gasteiger partial charge in [0.1, 0.15) is 42.3 Å². The van der Waals surface area contributed by atoms with Crippen LogP contribution >= 0.6 is 7.15 Å². The highest BCUT2D eigenvalue weighted by Gasteiger charge is 2.83. The monoisotopic (exact) mass is 785 g/mol. The first-order valence-corrected chi connectivity index (χ1v) is 22.4. The van der Waals surface area contributed by atoms with Crippen molar-refractivity contribution in [1.29, 1.82) is 5.26 Å². The molecular weight excluding hydrogens is 726 g/mol. The molecule has 298 valence electrons. The van der Waals surface area contributed by atoms with Gasteiger partial charge in [0.05, 0.1) is 25.5 Å². The molecule has 54 heavy (non-hydrogen) atoms. The second kappa shape index (κ2) is 21.7. The van der Waals surface area contributed by atoms with Crippen LogP contribution in [0.15, 0.2) is 48.8 Å². The molecule has 1 aromatic carbocycles. The number of fused-ring (bicyclic) bond motifs is 2. The average molecular weight is 786 g/mol. The predicted octanol–water partition coefficient (Wildman–Crippen LogP) is 7.31. The van der Waals surface area contributed by atoms with E-state index in [0.717, 1.165) is 18.4 Å². The minimum absolute atomic E-state index is 0.141. The topological polar surface area (TPSA) is 167 Å². The number of hydrogen-bond acceptors (Lipinski definition) is 12. The zero-order chi connectivity index (χ0) is 38.2. The zero-order valence-corrected chi connectivity index (χ0v) is 33.6. The molecule has 5 rings (SSSR count). The van der Waals surface area contributed by atoms with Gasteiger partial charge in [0.15, 0.2) is 18.6 Å². The molecule has 1 saturated carbocycles. The van der Waals surface area contributed by atoms with Gasteiger partial charge >= 0.3 is 0 Å². The number of aromatic nitrogens is 3. The Morgan fingerprint density at radius 2 is 1.57 bits per heavy atom. The summed E-state index contributed by atoms with van der Waals surface area (Å²) in [5.74, 6) is 0.203. The molecule has 1 aliphatic heterocycles. The van der Waals surface area contributed by atoms with Crippen LogP contribution in [0.3, 0.4) is 0 Å². The number of benzene rings is 1. The normalized spacial score (nSPS) is 24.4. The zero-order valence-electron chi connectivity index (χ0n) is 31.8. The highest BCUT2D eigenvalue weighted by molar-refractivity contribution is 8.00. The van der Waals surface area contributed by atoms with E-state index in [2.05, 4.69) is 17.0 Å². The second-order valence-electron chi connectivity index (χ2n) is 14.7. The van der Waals surface area contributed by atoms with Gasteiger partial charge in [-0.05, 0) is 35.9 Å². The maximum absolute atomic E-state index is 11.4. The van der Waals surface area contributed by atoms with Crippen LogP contribution in [0.4, 0.5) is 5.82 Å². The number of ether oxygens (including phenoxy) is 3. The van der Waals surface area contributed by atoms with Crippen molar-refractivity contribution in [2.75, 3.05) is 25.6 Å². The Morgan fingerprint density at radius 1 is 0.944 bits per heavy atom. The lowest BCUT2D eigenvalue weighted by Gasteiger charge is -2.29. The quantitative estimate of drug-likeness (QED) is 0.0497. The summed E-state index contributed by atoms with van der Waals surface area (Å²) < 4.78 is 31.4. The summed E-state index contributed by atoms with van der Waals surface area (Å²) in [6, 6.07) is 15.1. The third-order valence-corrected chi connectivity index (χ3v) is 12.1. The summed E-state index contributed by atoms with van der Waals surface area (Å²) in [5.41, 5.74) is 3.90. The van der Waals surface area contributed by atoms with E-state index >= 15 is 0 Å². The summed E-state index contributed by atoms with van der Waals surface area (Å²) in [6.07, 6.45) is 18.5. The number of aliphatic hydroxyl groups excluding tert-OH is 1. The first kappa shape index (κ1) is 42.6. The van der Waals surface area contributed by atoms with Gasteiger partial charge in [0.25, 0.3) is 0 Å². The maximum Gasteiger partial charge on any atom is 0.226 e. The van der Waals surface area contributed by atoms with Gasteiger partial charge in [-0.1, -0.05) is 134 Å². The fourth-order valence-corrected chi connectivity index (χ4v) is 8.75. The summed E-state index contributed by atoms with van der Waals surface area (Å²) in [5, 5.41) is 37.0. The van der Waals surface area contributed by atoms with Crippen LogP contribution in [0.2, 0.25) is 0 Å². The van der Waals surface area contributed by atoms with Crippen LogP contribution < -0.4 is 5.73 Å². The van der Waals surface area contributed by atoms with Crippen LogP contribution in [0.25, 0.3) is 5.52 Å². The highest BCUT2D eigenvalue weighted by atomic mass is 32.4. The Hall–Kier alpha value is -2.50. The predicted molar refractivity (Wildman–Crippen MR) is 212 cm³/mol. The van der Waals surface area contributed by atoms with Crippen LogP contribution in [-0.4, -0.2) is 74.6 Å². The molecule has 0 amide bonds. The van der Waals surface area contributed by atoms with E-state index in [4.69, 9.17) is 40.8 Å². The molecule has 2 aromatic heterocycles. The van der Waals surface area contributed by atoms with Crippen molar-refractivity contribution in [2.45, 2.75) is 152 Å². The van der Waals surface area contributed by atoms with Gasteiger partial charge in [-0.25, -0.2) is 9.50 Å². The standard InChI is InChI=1S/C40H60N5O7PS/c1-2-3-4-5-6-7-8-9-10-11-12-13-14-15-16-20-25-48-27-32(49-26-31-21-18-17-19-22-31)28-50-53(54)52-36-35-40(36,47)38(46)39(29-41,51-35)34-24-23-33-37(42)43-30-44-45(33)34/h17-19,21-24,30,32,35-36,38,46-47,53H,2-16,20,25-28H2,1H3,(H2,42,43,44)/t32-,35-,36?,38+,39+,40+/m1/s1. The number of hydrogen-bond donors (Lipinski definition) is 3. The number of aliphatic hydroxyl groups is 2. The van der Waals surface area contributed by atoms with E-state index in [9.17, 15) is 15.5 Å². The van der Waals surface area contributed by atoms with Crippen molar-refractivity contribution in [3.63, 3.8) is 0 Å². The van der Waals surface area contributed by atoms with Crippen LogP contribution in [0.5, 0.6) is 0 Å². The van der Waals surface area contributed by atoms with Crippen LogP contribution in [0.1, 0.15) is 121 Å². The smallest absolute Gasteiger partial charge is 0.226 e. The number of nitriles is 1. The SMILES string of the molecule is CCCCCCCCCCCCCCCCCCOC[C@H](CO[PH](=S)OC1[C@H]2O[C@@](C#N)(c3ccc4c(N)ncnn34)[C@H](O)[C@@]12O)OCc1ccccc1. The second-order valence-corrected chi connectivity index (χ2v) is 16.8. The van der Waals surface area contributed by atoms with E-state index in [1.54, 1.807) is 12.1 Å². The third kappa shape index (κ3) is 11.1. The third-order valence-electron chi connectivity index (χ3n) is 10.6. The van der Waals surface area contributed by atoms with Crippen molar-refractivity contribution in [3.05, 3.63) is 60.0 Å². The fraction of sp³-hybridized carbons (Fsp3) is 0.675. The molecule has 3 aromatic rings. The first-order valence-electron chi connectivity index (χ1n) is 20.0. The van der Waals surface area contributed by atoms with E-state index < -0.39 is 36.7 Å². The van der Waals surface area contributed by atoms with Crippen molar-refractivity contribution in [3.8, 4) is 6.07 Å². The maximum atomic E-state index is 11.4. The Bertz CT molecular complexity index is 1630. The number of anilines is 1. The minimum Gasteiger partial charge on any atom is -0.385 e. The number of nitrogen functional groups attached to an aromatic ring is 1. The van der Waals surface area contributed by atoms with Crippen molar-refractivity contribution in [2.24, 2.45) is 0 Å². The Morgan fingerprint density at radius 3 is 2.17 bits per heavy atom. The fourth-order valence-electron chi connectivity index (χ4n) is 7.32. The van der Waals surface area contributed by atoms with Crippen LogP contribution in [0, 0.1) is 11.3 Å². The average Bonchev–Trinajstić information content (AvgIpc) is 3.42.